The van der Waals surface area contributed by atoms with Crippen LogP contribution >= 0.6 is 0 Å². The zero-order chi connectivity index (χ0) is 50.0. The average molecular weight is 953 g/mol. The summed E-state index contributed by atoms with van der Waals surface area (Å²) < 4.78 is 16.6. The molecule has 0 aromatic rings. The highest BCUT2D eigenvalue weighted by atomic mass is 16.6. The van der Waals surface area contributed by atoms with E-state index in [2.05, 4.69) is 142 Å². The van der Waals surface area contributed by atoms with E-state index in [0.29, 0.717) is 19.3 Å². The first-order chi connectivity index (χ1) is 34.0. The summed E-state index contributed by atoms with van der Waals surface area (Å²) >= 11 is 0. The Morgan fingerprint density at radius 2 is 0.594 bits per heavy atom. The Morgan fingerprint density at radius 1 is 0.304 bits per heavy atom. The third-order valence-electron chi connectivity index (χ3n) is 11.2. The van der Waals surface area contributed by atoms with Crippen molar-refractivity contribution >= 4 is 17.9 Å². The molecule has 0 bridgehead atoms. The maximum atomic E-state index is 12.7. The van der Waals surface area contributed by atoms with Gasteiger partial charge in [0.15, 0.2) is 6.10 Å². The third kappa shape index (κ3) is 54.4. The molecule has 0 heterocycles. The van der Waals surface area contributed by atoms with Gasteiger partial charge in [-0.05, 0) is 103 Å². The second-order valence-electron chi connectivity index (χ2n) is 17.7. The molecule has 1 atom stereocenters. The van der Waals surface area contributed by atoms with Crippen LogP contribution in [0.25, 0.3) is 0 Å². The Labute approximate surface area is 424 Å². The molecular formula is C63H100O6. The molecule has 6 heteroatoms. The van der Waals surface area contributed by atoms with Crippen LogP contribution in [0.2, 0.25) is 0 Å². The lowest BCUT2D eigenvalue weighted by Crippen LogP contribution is -2.30. The predicted octanol–water partition coefficient (Wildman–Crippen LogP) is 18.6. The molecule has 0 aliphatic heterocycles. The quantitative estimate of drug-likeness (QED) is 0.0262. The first-order valence-electron chi connectivity index (χ1n) is 27.7. The van der Waals surface area contributed by atoms with Gasteiger partial charge < -0.3 is 14.2 Å². The average Bonchev–Trinajstić information content (AvgIpc) is 3.35. The van der Waals surface area contributed by atoms with Crippen molar-refractivity contribution in [2.24, 2.45) is 0 Å². The minimum absolute atomic E-state index is 0.113. The van der Waals surface area contributed by atoms with Gasteiger partial charge in [0.2, 0.25) is 0 Å². The molecule has 0 aliphatic rings. The smallest absolute Gasteiger partial charge is 0.306 e. The largest absolute Gasteiger partial charge is 0.462 e. The number of hydrogen-bond donors (Lipinski definition) is 0. The van der Waals surface area contributed by atoms with Crippen LogP contribution in [0.15, 0.2) is 134 Å². The van der Waals surface area contributed by atoms with Crippen LogP contribution in [0.1, 0.15) is 226 Å². The highest BCUT2D eigenvalue weighted by molar-refractivity contribution is 5.71. The van der Waals surface area contributed by atoms with Gasteiger partial charge in [-0.25, -0.2) is 0 Å². The third-order valence-corrected chi connectivity index (χ3v) is 11.2. The summed E-state index contributed by atoms with van der Waals surface area (Å²) in [4.78, 5) is 37.7. The van der Waals surface area contributed by atoms with Gasteiger partial charge in [-0.1, -0.05) is 238 Å². The fourth-order valence-electron chi connectivity index (χ4n) is 7.08. The molecule has 0 aliphatic carbocycles. The number of hydrogen-bond acceptors (Lipinski definition) is 6. The molecule has 0 aromatic carbocycles. The zero-order valence-electron chi connectivity index (χ0n) is 44.3. The fraction of sp³-hybridized carbons (Fsp3) is 0.603. The number of allylic oxidation sites excluding steroid dienone is 22. The van der Waals surface area contributed by atoms with Crippen LogP contribution in [0, 0.1) is 0 Å². The number of carbonyl (C=O) groups excluding carboxylic acids is 3. The van der Waals surface area contributed by atoms with E-state index >= 15 is 0 Å². The van der Waals surface area contributed by atoms with Gasteiger partial charge in [0.1, 0.15) is 13.2 Å². The molecule has 388 valence electrons. The Bertz CT molecular complexity index is 1510. The number of ether oxygens (including phenoxy) is 3. The van der Waals surface area contributed by atoms with Crippen molar-refractivity contribution in [1.82, 2.24) is 0 Å². The number of rotatable bonds is 48. The van der Waals surface area contributed by atoms with Crippen molar-refractivity contribution in [3.63, 3.8) is 0 Å². The van der Waals surface area contributed by atoms with Crippen molar-refractivity contribution in [2.75, 3.05) is 13.2 Å². The maximum Gasteiger partial charge on any atom is 0.306 e. The first-order valence-corrected chi connectivity index (χ1v) is 27.7. The van der Waals surface area contributed by atoms with Gasteiger partial charge in [-0.2, -0.15) is 0 Å². The molecule has 0 saturated carbocycles. The van der Waals surface area contributed by atoms with Gasteiger partial charge in [0.05, 0.1) is 0 Å². The molecule has 0 saturated heterocycles. The van der Waals surface area contributed by atoms with E-state index in [0.717, 1.165) is 122 Å². The Kier molecular flexibility index (Phi) is 52.5. The van der Waals surface area contributed by atoms with Gasteiger partial charge in [0.25, 0.3) is 0 Å². The summed E-state index contributed by atoms with van der Waals surface area (Å²) in [6, 6.07) is 0. The minimum atomic E-state index is -0.820. The summed E-state index contributed by atoms with van der Waals surface area (Å²) in [5.41, 5.74) is 0. The molecule has 0 rings (SSSR count). The highest BCUT2D eigenvalue weighted by Gasteiger charge is 2.19. The van der Waals surface area contributed by atoms with Crippen molar-refractivity contribution in [1.29, 1.82) is 0 Å². The molecule has 69 heavy (non-hydrogen) atoms. The van der Waals surface area contributed by atoms with Crippen LogP contribution in [0.4, 0.5) is 0 Å². The van der Waals surface area contributed by atoms with E-state index in [1.807, 2.05) is 12.2 Å². The Hall–Kier alpha value is -4.45. The molecule has 0 spiro atoms. The van der Waals surface area contributed by atoms with Crippen LogP contribution in [-0.4, -0.2) is 37.2 Å². The molecule has 1 unspecified atom stereocenters. The van der Waals surface area contributed by atoms with Crippen molar-refractivity contribution in [3.8, 4) is 0 Å². The summed E-state index contributed by atoms with van der Waals surface area (Å²) in [5.74, 6) is -1.02. The maximum absolute atomic E-state index is 12.7. The number of carbonyl (C=O) groups is 3. The van der Waals surface area contributed by atoms with Crippen LogP contribution in [-0.2, 0) is 28.6 Å². The van der Waals surface area contributed by atoms with E-state index in [9.17, 15) is 14.4 Å². The van der Waals surface area contributed by atoms with Crippen molar-refractivity contribution < 1.29 is 28.6 Å². The second kappa shape index (κ2) is 56.1. The van der Waals surface area contributed by atoms with E-state index in [4.69, 9.17) is 14.2 Å². The molecule has 0 aromatic heterocycles. The van der Waals surface area contributed by atoms with Crippen molar-refractivity contribution in [2.45, 2.75) is 232 Å². The normalized spacial score (nSPS) is 13.1. The van der Waals surface area contributed by atoms with Crippen LogP contribution < -0.4 is 0 Å². The summed E-state index contributed by atoms with van der Waals surface area (Å²) in [6.45, 7) is 6.24. The number of esters is 3. The van der Waals surface area contributed by atoms with E-state index < -0.39 is 12.1 Å². The topological polar surface area (TPSA) is 78.9 Å². The number of unbranched alkanes of at least 4 members (excludes halogenated alkanes) is 15. The monoisotopic (exact) mass is 953 g/mol. The lowest BCUT2D eigenvalue weighted by Gasteiger charge is -2.18. The zero-order valence-corrected chi connectivity index (χ0v) is 44.3. The van der Waals surface area contributed by atoms with Crippen molar-refractivity contribution in [3.05, 3.63) is 134 Å². The van der Waals surface area contributed by atoms with E-state index in [1.165, 1.54) is 57.8 Å². The lowest BCUT2D eigenvalue weighted by molar-refractivity contribution is -0.166. The highest BCUT2D eigenvalue weighted by Crippen LogP contribution is 2.14. The van der Waals surface area contributed by atoms with E-state index in [1.54, 1.807) is 0 Å². The molecule has 0 radical (unpaired) electrons. The predicted molar refractivity (Wildman–Crippen MR) is 297 cm³/mol. The Balaban J connectivity index is 4.21. The SMILES string of the molecule is CC/C=C\C/C=C\C/C=C\C/C=C\C/C=C\C/C=C\CCC(=O)OC(COC(=O)CCCCCCC)COC(=O)CCCCCCCCCCCCC/C=C\C/C=C\C/C=C\C/C=C\C/C=C\CC. The van der Waals surface area contributed by atoms with Gasteiger partial charge in [-0.15, -0.1) is 0 Å². The molecule has 0 N–H and O–H groups in total. The molecule has 6 nitrogen and oxygen atoms in total. The van der Waals surface area contributed by atoms with Gasteiger partial charge in [0, 0.05) is 19.3 Å². The molecular weight excluding hydrogens is 853 g/mol. The summed E-state index contributed by atoms with van der Waals surface area (Å²) in [6.07, 6.45) is 79.3. The van der Waals surface area contributed by atoms with Crippen LogP contribution in [0.5, 0.6) is 0 Å². The summed E-state index contributed by atoms with van der Waals surface area (Å²) in [7, 11) is 0. The lowest BCUT2D eigenvalue weighted by atomic mass is 10.0. The Morgan fingerprint density at radius 3 is 0.942 bits per heavy atom. The summed E-state index contributed by atoms with van der Waals surface area (Å²) in [5, 5.41) is 0. The van der Waals surface area contributed by atoms with E-state index in [-0.39, 0.29) is 31.6 Å². The first kappa shape index (κ1) is 64.5. The molecule has 0 amide bonds. The standard InChI is InChI=1S/C63H100O6/c1-4-7-10-13-15-17-19-21-23-25-27-28-29-30-31-32-33-34-36-37-39-41-43-45-47-50-53-56-62(65)68-59-60(58-67-61(64)55-52-49-12-9-6-3)69-63(66)57-54-51-48-46-44-42-40-38-35-26-24-22-20-18-16-14-11-8-5-2/h7-8,10-11,15-18,21-24,27-28,30-31,35,38,42,44,48,51,60H,4-6,9,12-14,19-20,25-26,29,32-34,36-37,39-41,43,45-47,49-50,52-59H2,1-3H3/b10-7-,11-8-,17-15-,18-16-,23-21-,24-22-,28-27-,31-30-,38-35-,44-42-,51-48-. The van der Waals surface area contributed by atoms with Gasteiger partial charge >= 0.3 is 17.9 Å². The fourth-order valence-corrected chi connectivity index (χ4v) is 7.08. The van der Waals surface area contributed by atoms with Gasteiger partial charge in [-0.3, -0.25) is 14.4 Å². The van der Waals surface area contributed by atoms with Crippen LogP contribution in [0.3, 0.4) is 0 Å². The molecule has 0 fully saturated rings. The second-order valence-corrected chi connectivity index (χ2v) is 17.7. The minimum Gasteiger partial charge on any atom is -0.462 e.